The van der Waals surface area contributed by atoms with Crippen LogP contribution in [0.2, 0.25) is 0 Å². The third-order valence-corrected chi connectivity index (χ3v) is 4.18. The van der Waals surface area contributed by atoms with E-state index < -0.39 is 0 Å². The second-order valence-electron chi connectivity index (χ2n) is 4.35. The molecule has 3 heterocycles. The highest BCUT2D eigenvalue weighted by Gasteiger charge is 2.13. The molecular formula is C13H14N2OS. The summed E-state index contributed by atoms with van der Waals surface area (Å²) in [7, 11) is 0. The van der Waals surface area contributed by atoms with E-state index in [1.807, 2.05) is 19.9 Å². The summed E-state index contributed by atoms with van der Waals surface area (Å²) < 4.78 is 7.70. The van der Waals surface area contributed by atoms with Crippen molar-refractivity contribution in [2.75, 3.05) is 0 Å². The number of furan rings is 1. The molecule has 17 heavy (non-hydrogen) atoms. The van der Waals surface area contributed by atoms with Crippen LogP contribution in [0.3, 0.4) is 0 Å². The summed E-state index contributed by atoms with van der Waals surface area (Å²) in [6.45, 7) is 8.19. The molecule has 0 aromatic carbocycles. The van der Waals surface area contributed by atoms with Crippen molar-refractivity contribution in [2.24, 2.45) is 0 Å². The van der Waals surface area contributed by atoms with Crippen molar-refractivity contribution in [2.45, 2.75) is 27.7 Å². The van der Waals surface area contributed by atoms with E-state index in [1.165, 1.54) is 10.6 Å². The smallest absolute Gasteiger partial charge is 0.194 e. The topological polar surface area (TPSA) is 30.4 Å². The Morgan fingerprint density at radius 2 is 2.00 bits per heavy atom. The van der Waals surface area contributed by atoms with Gasteiger partial charge in [0.05, 0.1) is 5.69 Å². The minimum Gasteiger partial charge on any atom is -0.466 e. The average Bonchev–Trinajstić information content (AvgIpc) is 2.86. The number of nitrogens with zero attached hydrogens (tertiary/aromatic N) is 2. The van der Waals surface area contributed by atoms with Crippen LogP contribution in [0.4, 0.5) is 0 Å². The van der Waals surface area contributed by atoms with Gasteiger partial charge in [-0.05, 0) is 33.8 Å². The molecule has 0 saturated carbocycles. The lowest BCUT2D eigenvalue weighted by atomic mass is 10.2. The summed E-state index contributed by atoms with van der Waals surface area (Å²) in [5.41, 5.74) is 3.35. The lowest BCUT2D eigenvalue weighted by molar-refractivity contribution is 0.505. The second-order valence-corrected chi connectivity index (χ2v) is 5.53. The van der Waals surface area contributed by atoms with E-state index in [4.69, 9.17) is 4.42 Å². The quantitative estimate of drug-likeness (QED) is 0.652. The van der Waals surface area contributed by atoms with Gasteiger partial charge in [-0.3, -0.25) is 4.40 Å². The fourth-order valence-electron chi connectivity index (χ4n) is 2.07. The van der Waals surface area contributed by atoms with Crippen LogP contribution in [0.15, 0.2) is 16.7 Å². The van der Waals surface area contributed by atoms with E-state index in [2.05, 4.69) is 29.4 Å². The van der Waals surface area contributed by atoms with E-state index in [0.29, 0.717) is 0 Å². The second kappa shape index (κ2) is 3.47. The Balaban J connectivity index is 2.22. The molecule has 0 unspecified atom stereocenters. The normalized spacial score (nSPS) is 11.5. The van der Waals surface area contributed by atoms with Crippen LogP contribution >= 0.6 is 11.3 Å². The lowest BCUT2D eigenvalue weighted by Gasteiger charge is -1.92. The Kier molecular flexibility index (Phi) is 2.16. The van der Waals surface area contributed by atoms with Crippen molar-refractivity contribution in [1.82, 2.24) is 9.38 Å². The third kappa shape index (κ3) is 1.52. The summed E-state index contributed by atoms with van der Waals surface area (Å²) in [6.07, 6.45) is 2.09. The number of fused-ring (bicyclic) bond motifs is 1. The van der Waals surface area contributed by atoms with Gasteiger partial charge in [-0.2, -0.15) is 0 Å². The first-order valence-corrected chi connectivity index (χ1v) is 6.40. The van der Waals surface area contributed by atoms with Gasteiger partial charge in [0.25, 0.3) is 0 Å². The zero-order chi connectivity index (χ0) is 12.2. The van der Waals surface area contributed by atoms with Crippen LogP contribution in [-0.2, 0) is 0 Å². The Bertz CT molecular complexity index is 702. The number of aromatic nitrogens is 2. The minimum absolute atomic E-state index is 0.932. The Morgan fingerprint density at radius 1 is 1.24 bits per heavy atom. The highest BCUT2D eigenvalue weighted by Crippen LogP contribution is 2.29. The number of rotatable bonds is 1. The molecule has 0 amide bonds. The van der Waals surface area contributed by atoms with Crippen molar-refractivity contribution in [3.05, 3.63) is 34.4 Å². The van der Waals surface area contributed by atoms with Crippen LogP contribution in [0.1, 0.15) is 22.1 Å². The van der Waals surface area contributed by atoms with Crippen molar-refractivity contribution in [1.29, 1.82) is 0 Å². The van der Waals surface area contributed by atoms with Crippen molar-refractivity contribution in [3.8, 4) is 11.3 Å². The molecule has 0 aliphatic rings. The summed E-state index contributed by atoms with van der Waals surface area (Å²) in [4.78, 5) is 7.03. The summed E-state index contributed by atoms with van der Waals surface area (Å²) >= 11 is 1.73. The molecule has 3 nitrogen and oxygen atoms in total. The molecule has 0 spiro atoms. The van der Waals surface area contributed by atoms with Gasteiger partial charge in [0.2, 0.25) is 0 Å². The van der Waals surface area contributed by atoms with Crippen LogP contribution in [0.25, 0.3) is 16.2 Å². The number of thiazole rings is 1. The average molecular weight is 246 g/mol. The molecule has 3 rings (SSSR count). The fraction of sp³-hybridized carbons (Fsp3) is 0.308. The van der Waals surface area contributed by atoms with Gasteiger partial charge in [-0.1, -0.05) is 0 Å². The zero-order valence-electron chi connectivity index (χ0n) is 10.4. The molecule has 0 fully saturated rings. The maximum atomic E-state index is 5.55. The standard InChI is InChI=1S/C13H14N2OS/c1-7-5-11(9(3)16-7)12-6-15-8(2)10(4)17-13(15)14-12/h5-6H,1-4H3. The fourth-order valence-corrected chi connectivity index (χ4v) is 3.02. The first-order valence-electron chi connectivity index (χ1n) is 5.59. The van der Waals surface area contributed by atoms with Gasteiger partial charge in [0, 0.05) is 22.3 Å². The van der Waals surface area contributed by atoms with Crippen LogP contribution in [-0.4, -0.2) is 9.38 Å². The maximum absolute atomic E-state index is 5.55. The predicted octanol–water partition coefficient (Wildman–Crippen LogP) is 3.89. The highest BCUT2D eigenvalue weighted by atomic mass is 32.1. The van der Waals surface area contributed by atoms with Crippen LogP contribution in [0, 0.1) is 27.7 Å². The first-order chi connectivity index (χ1) is 8.06. The molecule has 0 saturated heterocycles. The zero-order valence-corrected chi connectivity index (χ0v) is 11.2. The van der Waals surface area contributed by atoms with Gasteiger partial charge in [0.1, 0.15) is 11.5 Å². The summed E-state index contributed by atoms with van der Waals surface area (Å²) in [5.74, 6) is 1.87. The van der Waals surface area contributed by atoms with E-state index in [1.54, 1.807) is 11.3 Å². The number of hydrogen-bond donors (Lipinski definition) is 0. The Labute approximate surface area is 104 Å². The maximum Gasteiger partial charge on any atom is 0.194 e. The number of hydrogen-bond acceptors (Lipinski definition) is 3. The molecule has 0 bridgehead atoms. The van der Waals surface area contributed by atoms with Gasteiger partial charge in [0.15, 0.2) is 4.96 Å². The number of imidazole rings is 1. The van der Waals surface area contributed by atoms with E-state index >= 15 is 0 Å². The largest absolute Gasteiger partial charge is 0.466 e. The molecule has 3 aromatic rings. The van der Waals surface area contributed by atoms with E-state index in [0.717, 1.165) is 27.7 Å². The van der Waals surface area contributed by atoms with E-state index in [-0.39, 0.29) is 0 Å². The van der Waals surface area contributed by atoms with Gasteiger partial charge in [-0.25, -0.2) is 4.98 Å². The lowest BCUT2D eigenvalue weighted by Crippen LogP contribution is -1.81. The van der Waals surface area contributed by atoms with Crippen molar-refractivity contribution in [3.63, 3.8) is 0 Å². The monoisotopic (exact) mass is 246 g/mol. The Hall–Kier alpha value is -1.55. The van der Waals surface area contributed by atoms with Gasteiger partial charge < -0.3 is 4.42 Å². The van der Waals surface area contributed by atoms with Crippen molar-refractivity contribution < 1.29 is 4.42 Å². The molecule has 4 heteroatoms. The third-order valence-electron chi connectivity index (χ3n) is 3.11. The molecule has 0 atom stereocenters. The van der Waals surface area contributed by atoms with Gasteiger partial charge in [-0.15, -0.1) is 11.3 Å². The van der Waals surface area contributed by atoms with Crippen LogP contribution < -0.4 is 0 Å². The Morgan fingerprint density at radius 3 is 2.59 bits per heavy atom. The van der Waals surface area contributed by atoms with Crippen molar-refractivity contribution >= 4 is 16.3 Å². The SMILES string of the molecule is Cc1cc(-c2cn3c(C)c(C)sc3n2)c(C)o1. The molecule has 0 aliphatic heterocycles. The molecular weight excluding hydrogens is 232 g/mol. The molecule has 88 valence electrons. The molecule has 0 aliphatic carbocycles. The number of aryl methyl sites for hydroxylation is 4. The summed E-state index contributed by atoms with van der Waals surface area (Å²) in [5, 5.41) is 0. The van der Waals surface area contributed by atoms with Gasteiger partial charge >= 0.3 is 0 Å². The highest BCUT2D eigenvalue weighted by molar-refractivity contribution is 7.17. The molecule has 0 radical (unpaired) electrons. The first kappa shape index (κ1) is 10.6. The molecule has 3 aromatic heterocycles. The minimum atomic E-state index is 0.932. The predicted molar refractivity (Wildman–Crippen MR) is 69.7 cm³/mol. The molecule has 0 N–H and O–H groups in total. The van der Waals surface area contributed by atoms with E-state index in [9.17, 15) is 0 Å². The van der Waals surface area contributed by atoms with Crippen LogP contribution in [0.5, 0.6) is 0 Å². The summed E-state index contributed by atoms with van der Waals surface area (Å²) in [6, 6.07) is 2.05.